The number of fused-ring (bicyclic) bond motifs is 1. The molecule has 0 aliphatic carbocycles. The van der Waals surface area contributed by atoms with E-state index in [9.17, 15) is 0 Å². The Bertz CT molecular complexity index is 1060. The third-order valence-corrected chi connectivity index (χ3v) is 6.72. The van der Waals surface area contributed by atoms with Gasteiger partial charge in [0.15, 0.2) is 0 Å². The van der Waals surface area contributed by atoms with Gasteiger partial charge in [0.1, 0.15) is 24.9 Å². The zero-order valence-corrected chi connectivity index (χ0v) is 19.9. The molecule has 0 spiro atoms. The van der Waals surface area contributed by atoms with Gasteiger partial charge in [0.2, 0.25) is 5.95 Å². The van der Waals surface area contributed by atoms with Crippen LogP contribution in [-0.4, -0.2) is 68.1 Å². The average molecular weight is 461 g/mol. The van der Waals surface area contributed by atoms with Crippen LogP contribution < -0.4 is 15.5 Å². The molecule has 0 radical (unpaired) electrons. The van der Waals surface area contributed by atoms with Gasteiger partial charge in [0.05, 0.1) is 24.9 Å². The van der Waals surface area contributed by atoms with Gasteiger partial charge in [-0.3, -0.25) is 0 Å². The molecule has 2 fully saturated rings. The maximum atomic E-state index is 6.16. The van der Waals surface area contributed by atoms with Crippen molar-refractivity contribution in [3.63, 3.8) is 0 Å². The highest BCUT2D eigenvalue weighted by Crippen LogP contribution is 2.28. The lowest BCUT2D eigenvalue weighted by atomic mass is 10.1. The molecule has 5 rings (SSSR count). The van der Waals surface area contributed by atoms with E-state index in [1.165, 1.54) is 5.56 Å². The molecule has 2 saturated heterocycles. The molecule has 7 heteroatoms. The van der Waals surface area contributed by atoms with Crippen LogP contribution in [0, 0.1) is 0 Å². The molecule has 3 aromatic rings. The van der Waals surface area contributed by atoms with E-state index in [1.54, 1.807) is 6.20 Å². The molecule has 0 amide bonds. The average Bonchev–Trinajstić information content (AvgIpc) is 3.46. The first-order valence-corrected chi connectivity index (χ1v) is 12.2. The number of benzene rings is 2. The van der Waals surface area contributed by atoms with Gasteiger partial charge in [-0.15, -0.1) is 0 Å². The number of ether oxygens (including phenoxy) is 2. The molecular formula is C27H34N5O2+. The van der Waals surface area contributed by atoms with Gasteiger partial charge in [-0.05, 0) is 30.2 Å². The molecule has 2 aliphatic rings. The van der Waals surface area contributed by atoms with Crippen LogP contribution in [0.3, 0.4) is 0 Å². The van der Waals surface area contributed by atoms with Gasteiger partial charge in [-0.1, -0.05) is 42.5 Å². The van der Waals surface area contributed by atoms with Crippen LogP contribution in [0.15, 0.2) is 66.9 Å². The molecule has 1 aromatic heterocycles. The number of hydrogen-bond donors (Lipinski definition) is 2. The number of anilines is 2. The summed E-state index contributed by atoms with van der Waals surface area (Å²) in [5.41, 5.74) is 4.53. The highest BCUT2D eigenvalue weighted by molar-refractivity contribution is 5.63. The minimum atomic E-state index is 0.0296. The SMILES string of the molecule is CN(C)c1ccc(-c2ccnc(N[C@H]3CO[C@H]4[C@@H]3OC[C@@H]4[NH2+]CCCc3ccccc3)n2)cc1. The zero-order chi connectivity index (χ0) is 23.3. The predicted octanol–water partition coefficient (Wildman–Crippen LogP) is 2.35. The molecule has 2 aromatic carbocycles. The summed E-state index contributed by atoms with van der Waals surface area (Å²) >= 11 is 0. The van der Waals surface area contributed by atoms with Crippen molar-refractivity contribution < 1.29 is 14.8 Å². The van der Waals surface area contributed by atoms with Crippen LogP contribution in [0.1, 0.15) is 12.0 Å². The van der Waals surface area contributed by atoms with E-state index in [4.69, 9.17) is 14.5 Å². The largest absolute Gasteiger partial charge is 0.378 e. The number of nitrogens with one attached hydrogen (secondary N) is 1. The number of quaternary nitrogens is 1. The lowest BCUT2D eigenvalue weighted by Crippen LogP contribution is -2.92. The molecule has 4 atom stereocenters. The van der Waals surface area contributed by atoms with Crippen LogP contribution in [-0.2, 0) is 15.9 Å². The number of nitrogens with two attached hydrogens (primary N) is 1. The van der Waals surface area contributed by atoms with Crippen LogP contribution >= 0.6 is 0 Å². The van der Waals surface area contributed by atoms with Crippen LogP contribution in [0.2, 0.25) is 0 Å². The van der Waals surface area contributed by atoms with Gasteiger partial charge < -0.3 is 25.0 Å². The third-order valence-electron chi connectivity index (χ3n) is 6.72. The van der Waals surface area contributed by atoms with Gasteiger partial charge in [-0.25, -0.2) is 9.97 Å². The quantitative estimate of drug-likeness (QED) is 0.478. The Labute approximate surface area is 201 Å². The third kappa shape index (κ3) is 5.22. The molecule has 0 unspecified atom stereocenters. The summed E-state index contributed by atoms with van der Waals surface area (Å²) in [6, 6.07) is 21.4. The summed E-state index contributed by atoms with van der Waals surface area (Å²) in [5.74, 6) is 0.613. The maximum absolute atomic E-state index is 6.16. The maximum Gasteiger partial charge on any atom is 0.223 e. The Morgan fingerprint density at radius 2 is 1.76 bits per heavy atom. The Morgan fingerprint density at radius 1 is 0.971 bits per heavy atom. The fourth-order valence-corrected chi connectivity index (χ4v) is 4.82. The van der Waals surface area contributed by atoms with Crippen molar-refractivity contribution in [2.75, 3.05) is 44.1 Å². The van der Waals surface area contributed by atoms with E-state index < -0.39 is 0 Å². The van der Waals surface area contributed by atoms with Gasteiger partial charge in [-0.2, -0.15) is 0 Å². The number of aryl methyl sites for hydroxylation is 1. The first-order valence-electron chi connectivity index (χ1n) is 12.2. The first kappa shape index (κ1) is 22.8. The summed E-state index contributed by atoms with van der Waals surface area (Å²) in [4.78, 5) is 11.3. The van der Waals surface area contributed by atoms with Crippen molar-refractivity contribution in [2.24, 2.45) is 0 Å². The number of nitrogens with zero attached hydrogens (tertiary/aromatic N) is 3. The van der Waals surface area contributed by atoms with Crippen molar-refractivity contribution in [2.45, 2.75) is 37.1 Å². The van der Waals surface area contributed by atoms with E-state index in [2.05, 4.69) is 75.1 Å². The van der Waals surface area contributed by atoms with Crippen molar-refractivity contribution in [1.29, 1.82) is 0 Å². The second-order valence-corrected chi connectivity index (χ2v) is 9.33. The summed E-state index contributed by atoms with van der Waals surface area (Å²) in [5, 5.41) is 5.86. The number of hydrogen-bond acceptors (Lipinski definition) is 6. The van der Waals surface area contributed by atoms with Gasteiger partial charge in [0, 0.05) is 38.0 Å². The van der Waals surface area contributed by atoms with Gasteiger partial charge >= 0.3 is 0 Å². The lowest BCUT2D eigenvalue weighted by Gasteiger charge is -2.17. The highest BCUT2D eigenvalue weighted by Gasteiger charge is 2.49. The fourth-order valence-electron chi connectivity index (χ4n) is 4.82. The summed E-state index contributed by atoms with van der Waals surface area (Å²) in [6.45, 7) is 2.40. The molecule has 7 nitrogen and oxygen atoms in total. The molecular weight excluding hydrogens is 426 g/mol. The van der Waals surface area contributed by atoms with Crippen LogP contribution in [0.25, 0.3) is 11.3 Å². The minimum Gasteiger partial charge on any atom is -0.378 e. The topological polar surface area (TPSA) is 76.1 Å². The summed E-state index contributed by atoms with van der Waals surface area (Å²) in [6.07, 6.45) is 4.19. The normalized spacial score (nSPS) is 23.6. The first-order chi connectivity index (χ1) is 16.7. The van der Waals surface area contributed by atoms with Crippen molar-refractivity contribution in [1.82, 2.24) is 9.97 Å². The van der Waals surface area contributed by atoms with Crippen LogP contribution in [0.4, 0.5) is 11.6 Å². The Hall–Kier alpha value is -3.00. The second-order valence-electron chi connectivity index (χ2n) is 9.33. The van der Waals surface area contributed by atoms with E-state index >= 15 is 0 Å². The molecule has 0 saturated carbocycles. The Balaban J connectivity index is 1.14. The molecule has 0 bridgehead atoms. The molecule has 3 N–H and O–H groups in total. The monoisotopic (exact) mass is 460 g/mol. The predicted molar refractivity (Wildman–Crippen MR) is 134 cm³/mol. The van der Waals surface area contributed by atoms with Crippen LogP contribution in [0.5, 0.6) is 0 Å². The molecule has 34 heavy (non-hydrogen) atoms. The highest BCUT2D eigenvalue weighted by atomic mass is 16.6. The molecule has 2 aliphatic heterocycles. The summed E-state index contributed by atoms with van der Waals surface area (Å²) < 4.78 is 12.3. The van der Waals surface area contributed by atoms with E-state index in [-0.39, 0.29) is 18.2 Å². The fraction of sp³-hybridized carbons (Fsp3) is 0.407. The molecule has 3 heterocycles. The van der Waals surface area contributed by atoms with Crippen molar-refractivity contribution in [3.05, 3.63) is 72.4 Å². The smallest absolute Gasteiger partial charge is 0.223 e. The Kier molecular flexibility index (Phi) is 7.04. The van der Waals surface area contributed by atoms with Crippen molar-refractivity contribution >= 4 is 11.6 Å². The van der Waals surface area contributed by atoms with E-state index in [0.29, 0.717) is 18.6 Å². The Morgan fingerprint density at radius 3 is 2.56 bits per heavy atom. The van der Waals surface area contributed by atoms with Crippen molar-refractivity contribution in [3.8, 4) is 11.3 Å². The van der Waals surface area contributed by atoms with Gasteiger partial charge in [0.25, 0.3) is 0 Å². The number of aromatic nitrogens is 2. The van der Waals surface area contributed by atoms with E-state index in [0.717, 1.165) is 42.9 Å². The number of rotatable bonds is 9. The minimum absolute atomic E-state index is 0.0296. The lowest BCUT2D eigenvalue weighted by molar-refractivity contribution is -0.693. The standard InChI is InChI=1S/C27H33N5O2/c1-32(2)21-12-10-20(11-13-21)22-14-16-29-27(30-22)31-24-18-34-25-23(17-33-26(24)25)28-15-6-9-19-7-4-3-5-8-19/h3-5,7-8,10-14,16,23-26,28H,6,9,15,17-18H2,1-2H3,(H,29,30,31)/p+1/t23-,24-,25+,26+/m0/s1. The van der Waals surface area contributed by atoms with E-state index in [1.807, 2.05) is 20.2 Å². The zero-order valence-electron chi connectivity index (χ0n) is 19.9. The summed E-state index contributed by atoms with van der Waals surface area (Å²) in [7, 11) is 4.08. The molecule has 178 valence electrons. The second kappa shape index (κ2) is 10.5.